The van der Waals surface area contributed by atoms with Crippen LogP contribution < -0.4 is 5.73 Å². The van der Waals surface area contributed by atoms with E-state index in [0.29, 0.717) is 18.1 Å². The van der Waals surface area contributed by atoms with Gasteiger partial charge in [0.15, 0.2) is 0 Å². The number of aromatic nitrogens is 2. The highest BCUT2D eigenvalue weighted by molar-refractivity contribution is 5.72. The fourth-order valence-corrected chi connectivity index (χ4v) is 0.930. The summed E-state index contributed by atoms with van der Waals surface area (Å²) in [5.41, 5.74) is 6.03. The van der Waals surface area contributed by atoms with E-state index in [9.17, 15) is 4.79 Å². The normalized spacial score (nSPS) is 10.5. The van der Waals surface area contributed by atoms with Crippen LogP contribution in [-0.2, 0) is 9.53 Å². The van der Waals surface area contributed by atoms with Gasteiger partial charge in [-0.1, -0.05) is 6.08 Å². The number of esters is 1. The van der Waals surface area contributed by atoms with Gasteiger partial charge in [0.1, 0.15) is 5.82 Å². The zero-order valence-electron chi connectivity index (χ0n) is 8.51. The number of carbonyl (C=O) groups is 1. The molecule has 1 rings (SSSR count). The molecule has 1 heterocycles. The minimum absolute atomic E-state index is 0.236. The van der Waals surface area contributed by atoms with Crippen LogP contribution in [0.4, 0.5) is 5.82 Å². The van der Waals surface area contributed by atoms with Crippen LogP contribution in [0.2, 0.25) is 0 Å². The van der Waals surface area contributed by atoms with Crippen molar-refractivity contribution in [2.45, 2.75) is 13.3 Å². The van der Waals surface area contributed by atoms with E-state index in [1.165, 1.54) is 12.4 Å². The molecule has 0 aliphatic rings. The first-order chi connectivity index (χ1) is 7.22. The molecular formula is C10H13N3O2. The highest BCUT2D eigenvalue weighted by Crippen LogP contribution is 1.99. The molecule has 0 amide bonds. The Balaban J connectivity index is 2.44. The van der Waals surface area contributed by atoms with Crippen molar-refractivity contribution in [2.75, 3.05) is 12.3 Å². The summed E-state index contributed by atoms with van der Waals surface area (Å²) < 4.78 is 4.75. The van der Waals surface area contributed by atoms with Gasteiger partial charge in [0.2, 0.25) is 0 Å². The molecule has 0 radical (unpaired) electrons. The Morgan fingerprint density at radius 3 is 2.93 bits per heavy atom. The number of rotatable bonds is 4. The second kappa shape index (κ2) is 5.74. The van der Waals surface area contributed by atoms with Gasteiger partial charge in [-0.05, 0) is 13.0 Å². The lowest BCUT2D eigenvalue weighted by Crippen LogP contribution is -2.01. The molecular weight excluding hydrogens is 194 g/mol. The van der Waals surface area contributed by atoms with E-state index in [1.807, 2.05) is 0 Å². The fraction of sp³-hybridized carbons (Fsp3) is 0.300. The smallest absolute Gasteiger partial charge is 0.309 e. The van der Waals surface area contributed by atoms with E-state index < -0.39 is 0 Å². The van der Waals surface area contributed by atoms with E-state index in [-0.39, 0.29) is 12.4 Å². The summed E-state index contributed by atoms with van der Waals surface area (Å²) in [5.74, 6) is 0.120. The monoisotopic (exact) mass is 207 g/mol. The molecule has 0 saturated heterocycles. The van der Waals surface area contributed by atoms with Crippen LogP contribution >= 0.6 is 0 Å². The van der Waals surface area contributed by atoms with Gasteiger partial charge in [-0.3, -0.25) is 9.78 Å². The Kier molecular flexibility index (Phi) is 4.28. The molecule has 1 aromatic heterocycles. The van der Waals surface area contributed by atoms with E-state index in [0.717, 1.165) is 0 Å². The van der Waals surface area contributed by atoms with Gasteiger partial charge in [0.05, 0.1) is 31.1 Å². The predicted octanol–water partition coefficient (Wildman–Crippen LogP) is 1.03. The minimum Gasteiger partial charge on any atom is -0.466 e. The zero-order valence-corrected chi connectivity index (χ0v) is 8.51. The number of nitrogens with zero attached hydrogens (tertiary/aromatic N) is 2. The van der Waals surface area contributed by atoms with Gasteiger partial charge >= 0.3 is 5.97 Å². The van der Waals surface area contributed by atoms with Crippen LogP contribution in [0, 0.1) is 0 Å². The van der Waals surface area contributed by atoms with E-state index in [2.05, 4.69) is 9.97 Å². The Morgan fingerprint density at radius 2 is 2.33 bits per heavy atom. The average molecular weight is 207 g/mol. The summed E-state index contributed by atoms with van der Waals surface area (Å²) in [5, 5.41) is 0. The van der Waals surface area contributed by atoms with Crippen molar-refractivity contribution in [1.82, 2.24) is 9.97 Å². The largest absolute Gasteiger partial charge is 0.466 e. The number of carbonyl (C=O) groups excluding carboxylic acids is 1. The van der Waals surface area contributed by atoms with Crippen LogP contribution in [-0.4, -0.2) is 22.5 Å². The number of nitrogen functional groups attached to an aromatic ring is 1. The maximum atomic E-state index is 11.0. The molecule has 0 unspecified atom stereocenters. The first kappa shape index (κ1) is 11.2. The van der Waals surface area contributed by atoms with Gasteiger partial charge in [0.25, 0.3) is 0 Å². The first-order valence-electron chi connectivity index (χ1n) is 4.62. The molecule has 5 heteroatoms. The SMILES string of the molecule is CCOC(=O)CC=Cc1cnc(N)cn1. The van der Waals surface area contributed by atoms with Crippen molar-refractivity contribution in [1.29, 1.82) is 0 Å². The molecule has 0 atom stereocenters. The quantitative estimate of drug-likeness (QED) is 0.746. The van der Waals surface area contributed by atoms with Crippen LogP contribution in [0.5, 0.6) is 0 Å². The van der Waals surface area contributed by atoms with Gasteiger partial charge in [-0.25, -0.2) is 4.98 Å². The average Bonchev–Trinajstić information content (AvgIpc) is 2.21. The van der Waals surface area contributed by atoms with Crippen molar-refractivity contribution in [3.63, 3.8) is 0 Å². The number of hydrogen-bond acceptors (Lipinski definition) is 5. The van der Waals surface area contributed by atoms with E-state index >= 15 is 0 Å². The van der Waals surface area contributed by atoms with Crippen LogP contribution in [0.25, 0.3) is 6.08 Å². The summed E-state index contributed by atoms with van der Waals surface area (Å²) in [6, 6.07) is 0. The molecule has 0 aliphatic heterocycles. The molecule has 0 saturated carbocycles. The molecule has 0 fully saturated rings. The Morgan fingerprint density at radius 1 is 1.53 bits per heavy atom. The highest BCUT2D eigenvalue weighted by Gasteiger charge is 1.96. The van der Waals surface area contributed by atoms with Gasteiger partial charge < -0.3 is 10.5 Å². The van der Waals surface area contributed by atoms with Gasteiger partial charge in [-0.15, -0.1) is 0 Å². The van der Waals surface area contributed by atoms with Crippen molar-refractivity contribution < 1.29 is 9.53 Å². The van der Waals surface area contributed by atoms with Crippen LogP contribution in [0.15, 0.2) is 18.5 Å². The standard InChI is InChI=1S/C10H13N3O2/c1-2-15-10(14)5-3-4-8-6-13-9(11)7-12-8/h3-4,6-7H,2,5H2,1H3,(H2,11,13). The third-order valence-corrected chi connectivity index (χ3v) is 1.57. The number of anilines is 1. The second-order valence-corrected chi connectivity index (χ2v) is 2.78. The third-order valence-electron chi connectivity index (χ3n) is 1.57. The third kappa shape index (κ3) is 4.21. The summed E-state index contributed by atoms with van der Waals surface area (Å²) in [7, 11) is 0. The van der Waals surface area contributed by atoms with Crippen LogP contribution in [0.1, 0.15) is 19.0 Å². The molecule has 0 aromatic carbocycles. The Bertz CT molecular complexity index is 346. The molecule has 0 bridgehead atoms. The van der Waals surface area contributed by atoms with Gasteiger partial charge in [-0.2, -0.15) is 0 Å². The first-order valence-corrected chi connectivity index (χ1v) is 4.62. The fourth-order valence-electron chi connectivity index (χ4n) is 0.930. The lowest BCUT2D eigenvalue weighted by Gasteiger charge is -1.96. The molecule has 0 aliphatic carbocycles. The van der Waals surface area contributed by atoms with Crippen molar-refractivity contribution >= 4 is 17.9 Å². The molecule has 0 spiro atoms. The zero-order chi connectivity index (χ0) is 11.1. The molecule has 80 valence electrons. The minimum atomic E-state index is -0.253. The lowest BCUT2D eigenvalue weighted by atomic mass is 10.3. The summed E-state index contributed by atoms with van der Waals surface area (Å²) in [6.07, 6.45) is 6.61. The Labute approximate surface area is 88.0 Å². The Hall–Kier alpha value is -1.91. The molecule has 15 heavy (non-hydrogen) atoms. The van der Waals surface area contributed by atoms with Crippen molar-refractivity contribution in [2.24, 2.45) is 0 Å². The highest BCUT2D eigenvalue weighted by atomic mass is 16.5. The number of nitrogens with two attached hydrogens (primary N) is 1. The molecule has 5 nitrogen and oxygen atoms in total. The molecule has 1 aromatic rings. The van der Waals surface area contributed by atoms with E-state index in [1.54, 1.807) is 19.1 Å². The molecule has 2 N–H and O–H groups in total. The topological polar surface area (TPSA) is 78.1 Å². The maximum absolute atomic E-state index is 11.0. The number of ether oxygens (including phenoxy) is 1. The van der Waals surface area contributed by atoms with Crippen molar-refractivity contribution in [3.8, 4) is 0 Å². The van der Waals surface area contributed by atoms with Gasteiger partial charge in [0, 0.05) is 0 Å². The van der Waals surface area contributed by atoms with Crippen LogP contribution in [0.3, 0.4) is 0 Å². The summed E-state index contributed by atoms with van der Waals surface area (Å²) in [4.78, 5) is 18.8. The second-order valence-electron chi connectivity index (χ2n) is 2.78. The lowest BCUT2D eigenvalue weighted by molar-refractivity contribution is -0.142. The maximum Gasteiger partial charge on any atom is 0.309 e. The van der Waals surface area contributed by atoms with Crippen molar-refractivity contribution in [3.05, 3.63) is 24.2 Å². The summed E-state index contributed by atoms with van der Waals surface area (Å²) in [6.45, 7) is 2.17. The predicted molar refractivity (Wildman–Crippen MR) is 56.7 cm³/mol. The van der Waals surface area contributed by atoms with E-state index in [4.69, 9.17) is 10.5 Å². The number of hydrogen-bond donors (Lipinski definition) is 1. The summed E-state index contributed by atoms with van der Waals surface area (Å²) >= 11 is 0.